The standard InChI is InChI=1S/C15H21N5/c1-3-20-11-13(7-18-20)15-9-16-14(8-17-15)12-5-4-6-19(2)10-12/h7-9,11-12H,3-6,10H2,1-2H3/t12-/m0/s1. The maximum absolute atomic E-state index is 4.62. The van der Waals surface area contributed by atoms with Crippen LogP contribution in [0.1, 0.15) is 31.4 Å². The van der Waals surface area contributed by atoms with Crippen LogP contribution in [0.3, 0.4) is 0 Å². The molecule has 1 fully saturated rings. The van der Waals surface area contributed by atoms with Gasteiger partial charge in [-0.15, -0.1) is 0 Å². The summed E-state index contributed by atoms with van der Waals surface area (Å²) < 4.78 is 1.90. The molecule has 106 valence electrons. The summed E-state index contributed by atoms with van der Waals surface area (Å²) in [6.07, 6.45) is 10.1. The van der Waals surface area contributed by atoms with E-state index in [9.17, 15) is 0 Å². The van der Waals surface area contributed by atoms with E-state index in [1.54, 1.807) is 0 Å². The van der Waals surface area contributed by atoms with Crippen LogP contribution in [0.4, 0.5) is 0 Å². The summed E-state index contributed by atoms with van der Waals surface area (Å²) in [5.74, 6) is 0.522. The molecule has 0 spiro atoms. The first-order valence-electron chi connectivity index (χ1n) is 7.29. The molecule has 1 saturated heterocycles. The number of nitrogens with zero attached hydrogens (tertiary/aromatic N) is 5. The molecule has 0 saturated carbocycles. The molecule has 20 heavy (non-hydrogen) atoms. The van der Waals surface area contributed by atoms with Crippen molar-refractivity contribution in [3.8, 4) is 11.3 Å². The number of hydrogen-bond donors (Lipinski definition) is 0. The number of hydrogen-bond acceptors (Lipinski definition) is 4. The van der Waals surface area contributed by atoms with Gasteiger partial charge in [0.25, 0.3) is 0 Å². The maximum Gasteiger partial charge on any atom is 0.0916 e. The van der Waals surface area contributed by atoms with Gasteiger partial charge < -0.3 is 4.90 Å². The second kappa shape index (κ2) is 5.71. The normalized spacial score (nSPS) is 20.2. The minimum atomic E-state index is 0.522. The summed E-state index contributed by atoms with van der Waals surface area (Å²) in [4.78, 5) is 11.6. The summed E-state index contributed by atoms with van der Waals surface area (Å²) in [6, 6.07) is 0. The van der Waals surface area contributed by atoms with Gasteiger partial charge in [0.15, 0.2) is 0 Å². The van der Waals surface area contributed by atoms with E-state index in [-0.39, 0.29) is 0 Å². The molecule has 5 heteroatoms. The number of likely N-dealkylation sites (N-methyl/N-ethyl adjacent to an activating group) is 1. The zero-order chi connectivity index (χ0) is 13.9. The quantitative estimate of drug-likeness (QED) is 0.858. The van der Waals surface area contributed by atoms with Crippen LogP contribution in [0.15, 0.2) is 24.8 Å². The third-order valence-electron chi connectivity index (χ3n) is 3.97. The molecular weight excluding hydrogens is 250 g/mol. The number of aryl methyl sites for hydroxylation is 1. The van der Waals surface area contributed by atoms with Crippen LogP contribution >= 0.6 is 0 Å². The topological polar surface area (TPSA) is 46.8 Å². The van der Waals surface area contributed by atoms with Crippen molar-refractivity contribution in [2.75, 3.05) is 20.1 Å². The van der Waals surface area contributed by atoms with Crippen LogP contribution in [-0.2, 0) is 6.54 Å². The van der Waals surface area contributed by atoms with Gasteiger partial charge in [0.05, 0.1) is 23.8 Å². The first-order valence-corrected chi connectivity index (χ1v) is 7.29. The highest BCUT2D eigenvalue weighted by molar-refractivity contribution is 5.55. The van der Waals surface area contributed by atoms with Gasteiger partial charge in [0.1, 0.15) is 0 Å². The lowest BCUT2D eigenvalue weighted by molar-refractivity contribution is 0.248. The maximum atomic E-state index is 4.62. The second-order valence-electron chi connectivity index (χ2n) is 5.51. The molecule has 0 unspecified atom stereocenters. The number of piperidine rings is 1. The Kier molecular flexibility index (Phi) is 3.78. The number of rotatable bonds is 3. The first kappa shape index (κ1) is 13.2. The largest absolute Gasteiger partial charge is 0.306 e. The first-order chi connectivity index (χ1) is 9.76. The van der Waals surface area contributed by atoms with Gasteiger partial charge in [0, 0.05) is 37.0 Å². The van der Waals surface area contributed by atoms with Crippen molar-refractivity contribution < 1.29 is 0 Å². The van der Waals surface area contributed by atoms with Crippen LogP contribution in [-0.4, -0.2) is 44.8 Å². The molecular formula is C15H21N5. The van der Waals surface area contributed by atoms with Crippen LogP contribution < -0.4 is 0 Å². The van der Waals surface area contributed by atoms with Gasteiger partial charge in [-0.2, -0.15) is 5.10 Å². The Balaban J connectivity index is 1.77. The number of aromatic nitrogens is 4. The second-order valence-corrected chi connectivity index (χ2v) is 5.51. The van der Waals surface area contributed by atoms with Gasteiger partial charge in [-0.25, -0.2) is 0 Å². The van der Waals surface area contributed by atoms with E-state index < -0.39 is 0 Å². The number of likely N-dealkylation sites (tertiary alicyclic amines) is 1. The fourth-order valence-corrected chi connectivity index (χ4v) is 2.77. The summed E-state index contributed by atoms with van der Waals surface area (Å²) in [6.45, 7) is 5.23. The van der Waals surface area contributed by atoms with Gasteiger partial charge in [-0.1, -0.05) is 0 Å². The SMILES string of the molecule is CCn1cc(-c2cnc([C@H]3CCCN(C)C3)cn2)cn1. The Labute approximate surface area is 119 Å². The molecule has 2 aromatic heterocycles. The van der Waals surface area contributed by atoms with Crippen LogP contribution in [0.2, 0.25) is 0 Å². The van der Waals surface area contributed by atoms with Crippen molar-refractivity contribution in [2.24, 2.45) is 0 Å². The smallest absolute Gasteiger partial charge is 0.0916 e. The third-order valence-corrected chi connectivity index (χ3v) is 3.97. The molecule has 0 amide bonds. The predicted octanol–water partition coefficient (Wildman–Crippen LogP) is 2.17. The van der Waals surface area contributed by atoms with E-state index in [1.807, 2.05) is 29.5 Å². The lowest BCUT2D eigenvalue weighted by Crippen LogP contribution is -2.31. The molecule has 1 aliphatic rings. The summed E-state index contributed by atoms with van der Waals surface area (Å²) in [5, 5.41) is 4.28. The van der Waals surface area contributed by atoms with Crippen molar-refractivity contribution in [2.45, 2.75) is 32.2 Å². The van der Waals surface area contributed by atoms with E-state index >= 15 is 0 Å². The third kappa shape index (κ3) is 2.72. The zero-order valence-corrected chi connectivity index (χ0v) is 12.2. The summed E-state index contributed by atoms with van der Waals surface area (Å²) in [5.41, 5.74) is 3.05. The molecule has 0 aliphatic carbocycles. The van der Waals surface area contributed by atoms with Crippen molar-refractivity contribution in [1.29, 1.82) is 0 Å². The fraction of sp³-hybridized carbons (Fsp3) is 0.533. The lowest BCUT2D eigenvalue weighted by Gasteiger charge is -2.29. The molecule has 1 atom stereocenters. The Morgan fingerprint density at radius 2 is 2.15 bits per heavy atom. The van der Waals surface area contributed by atoms with Crippen LogP contribution in [0, 0.1) is 0 Å². The zero-order valence-electron chi connectivity index (χ0n) is 12.2. The molecule has 2 aromatic rings. The highest BCUT2D eigenvalue weighted by atomic mass is 15.3. The Bertz CT molecular complexity index is 560. The Morgan fingerprint density at radius 1 is 1.25 bits per heavy atom. The highest BCUT2D eigenvalue weighted by Gasteiger charge is 2.20. The molecule has 5 nitrogen and oxygen atoms in total. The summed E-state index contributed by atoms with van der Waals surface area (Å²) in [7, 11) is 2.17. The van der Waals surface area contributed by atoms with Crippen LogP contribution in [0.5, 0.6) is 0 Å². The van der Waals surface area contributed by atoms with Gasteiger partial charge >= 0.3 is 0 Å². The van der Waals surface area contributed by atoms with Crippen molar-refractivity contribution in [3.63, 3.8) is 0 Å². The monoisotopic (exact) mass is 271 g/mol. The molecule has 0 radical (unpaired) electrons. The van der Waals surface area contributed by atoms with Crippen molar-refractivity contribution in [3.05, 3.63) is 30.5 Å². The average molecular weight is 271 g/mol. The van der Waals surface area contributed by atoms with E-state index in [1.165, 1.54) is 19.4 Å². The highest BCUT2D eigenvalue weighted by Crippen LogP contribution is 2.25. The molecule has 0 bridgehead atoms. The van der Waals surface area contributed by atoms with Crippen molar-refractivity contribution in [1.82, 2.24) is 24.6 Å². The van der Waals surface area contributed by atoms with E-state index in [0.29, 0.717) is 5.92 Å². The minimum absolute atomic E-state index is 0.522. The van der Waals surface area contributed by atoms with Gasteiger partial charge in [-0.05, 0) is 33.4 Å². The molecule has 0 aromatic carbocycles. The predicted molar refractivity (Wildman–Crippen MR) is 78.4 cm³/mol. The van der Waals surface area contributed by atoms with Gasteiger partial charge in [-0.3, -0.25) is 14.6 Å². The van der Waals surface area contributed by atoms with Crippen molar-refractivity contribution >= 4 is 0 Å². The lowest BCUT2D eigenvalue weighted by atomic mass is 9.95. The molecule has 0 N–H and O–H groups in total. The van der Waals surface area contributed by atoms with E-state index in [2.05, 4.69) is 33.9 Å². The van der Waals surface area contributed by atoms with Crippen LogP contribution in [0.25, 0.3) is 11.3 Å². The Morgan fingerprint density at radius 3 is 2.80 bits per heavy atom. The molecule has 3 heterocycles. The van der Waals surface area contributed by atoms with E-state index in [4.69, 9.17) is 0 Å². The molecule has 3 rings (SSSR count). The average Bonchev–Trinajstić information content (AvgIpc) is 2.96. The molecule has 1 aliphatic heterocycles. The fourth-order valence-electron chi connectivity index (χ4n) is 2.77. The van der Waals surface area contributed by atoms with Gasteiger partial charge in [0.2, 0.25) is 0 Å². The van der Waals surface area contributed by atoms with E-state index in [0.717, 1.165) is 30.0 Å². The minimum Gasteiger partial charge on any atom is -0.306 e. The Hall–Kier alpha value is -1.75. The summed E-state index contributed by atoms with van der Waals surface area (Å²) >= 11 is 0.